The van der Waals surface area contributed by atoms with Gasteiger partial charge in [-0.25, -0.2) is 9.97 Å². The summed E-state index contributed by atoms with van der Waals surface area (Å²) in [7, 11) is 1.93. The maximum absolute atomic E-state index is 8.87. The Morgan fingerprint density at radius 1 is 1.57 bits per heavy atom. The quantitative estimate of drug-likeness (QED) is 0.647. The molecule has 1 aromatic rings. The Morgan fingerprint density at radius 2 is 2.36 bits per heavy atom. The number of anilines is 3. The van der Waals surface area contributed by atoms with E-state index in [9.17, 15) is 0 Å². The van der Waals surface area contributed by atoms with Crippen LogP contribution in [0, 0.1) is 0 Å². The van der Waals surface area contributed by atoms with Crippen molar-refractivity contribution in [2.24, 2.45) is 0 Å². The highest BCUT2D eigenvalue weighted by Crippen LogP contribution is 2.35. The number of hydrogen-bond acceptors (Lipinski definition) is 6. The fraction of sp³-hybridized carbons (Fsp3) is 0.500. The Balaban J connectivity index is 2.39. The van der Waals surface area contributed by atoms with Crippen LogP contribution in [0.25, 0.3) is 0 Å². The van der Waals surface area contributed by atoms with E-state index in [2.05, 4.69) is 9.97 Å². The number of nitrogens with two attached hydrogens (primary N) is 1. The number of fused-ring (bicyclic) bond motifs is 1. The molecule has 0 atom stereocenters. The minimum Gasteiger partial charge on any atom is -0.395 e. The van der Waals surface area contributed by atoms with Gasteiger partial charge in [-0.15, -0.1) is 0 Å². The maximum Gasteiger partial charge on any atom is 0.159 e. The van der Waals surface area contributed by atoms with Gasteiger partial charge in [0.05, 0.1) is 13.3 Å². The second-order valence-electron chi connectivity index (χ2n) is 3.26. The lowest BCUT2D eigenvalue weighted by Gasteiger charge is -2.16. The van der Waals surface area contributed by atoms with Gasteiger partial charge in [0.2, 0.25) is 0 Å². The number of aliphatic hydroxyl groups excluding tert-OH is 1. The molecule has 1 aliphatic rings. The average Bonchev–Trinajstić information content (AvgIpc) is 2.46. The van der Waals surface area contributed by atoms with Crippen LogP contribution in [-0.4, -0.2) is 41.9 Å². The Labute approximate surface area is 82.0 Å². The zero-order chi connectivity index (χ0) is 10.1. The molecule has 0 unspecified atom stereocenters. The second kappa shape index (κ2) is 3.30. The van der Waals surface area contributed by atoms with E-state index in [1.807, 2.05) is 16.8 Å². The highest BCUT2D eigenvalue weighted by molar-refractivity contribution is 5.80. The zero-order valence-electron chi connectivity index (χ0n) is 8.01. The normalized spacial score (nSPS) is 14.7. The summed E-state index contributed by atoms with van der Waals surface area (Å²) in [6, 6.07) is 0. The predicted molar refractivity (Wildman–Crippen MR) is 54.1 cm³/mol. The van der Waals surface area contributed by atoms with Gasteiger partial charge >= 0.3 is 0 Å². The van der Waals surface area contributed by atoms with Crippen LogP contribution in [0.4, 0.5) is 17.3 Å². The molecule has 2 heterocycles. The molecule has 0 aliphatic carbocycles. The van der Waals surface area contributed by atoms with Gasteiger partial charge < -0.3 is 20.6 Å². The molecule has 0 fully saturated rings. The van der Waals surface area contributed by atoms with Crippen LogP contribution in [0.2, 0.25) is 0 Å². The monoisotopic (exact) mass is 195 g/mol. The van der Waals surface area contributed by atoms with Crippen molar-refractivity contribution in [3.8, 4) is 0 Å². The first-order chi connectivity index (χ1) is 6.74. The first-order valence-electron chi connectivity index (χ1n) is 4.41. The lowest BCUT2D eigenvalue weighted by atomic mass is 10.4. The molecule has 76 valence electrons. The molecular weight excluding hydrogens is 182 g/mol. The number of aromatic nitrogens is 2. The number of nitrogen functional groups attached to an aromatic ring is 1. The lowest BCUT2D eigenvalue weighted by Crippen LogP contribution is -2.30. The summed E-state index contributed by atoms with van der Waals surface area (Å²) >= 11 is 0. The van der Waals surface area contributed by atoms with Gasteiger partial charge in [0.1, 0.15) is 12.0 Å². The molecule has 0 radical (unpaired) electrons. The summed E-state index contributed by atoms with van der Waals surface area (Å²) in [5.74, 6) is 1.28. The van der Waals surface area contributed by atoms with Gasteiger partial charge in [-0.3, -0.25) is 0 Å². The van der Waals surface area contributed by atoms with E-state index in [4.69, 9.17) is 10.8 Å². The number of aliphatic hydroxyl groups is 1. The SMILES string of the molecule is CN1CN(CCO)c2ncnc(N)c21. The molecular formula is C8H13N5O. The molecule has 14 heavy (non-hydrogen) atoms. The predicted octanol–water partition coefficient (Wildman–Crippen LogP) is -0.735. The summed E-state index contributed by atoms with van der Waals surface area (Å²) < 4.78 is 0. The Hall–Kier alpha value is -1.56. The highest BCUT2D eigenvalue weighted by Gasteiger charge is 2.26. The summed E-state index contributed by atoms with van der Waals surface area (Å²) in [5.41, 5.74) is 6.59. The number of β-amino-alcohol motifs (C(OH)–C–C–N with tert-alkyl or cyclic N) is 1. The fourth-order valence-corrected chi connectivity index (χ4v) is 1.67. The molecule has 0 saturated carbocycles. The number of hydrogen-bond donors (Lipinski definition) is 2. The van der Waals surface area contributed by atoms with Gasteiger partial charge in [-0.05, 0) is 0 Å². The van der Waals surface area contributed by atoms with Crippen LogP contribution in [0.3, 0.4) is 0 Å². The Morgan fingerprint density at radius 3 is 3.07 bits per heavy atom. The van der Waals surface area contributed by atoms with Crippen LogP contribution in [0.1, 0.15) is 0 Å². The van der Waals surface area contributed by atoms with Gasteiger partial charge in [-0.1, -0.05) is 0 Å². The van der Waals surface area contributed by atoms with E-state index in [1.54, 1.807) is 0 Å². The van der Waals surface area contributed by atoms with Gasteiger partial charge in [0.15, 0.2) is 11.6 Å². The smallest absolute Gasteiger partial charge is 0.159 e. The van der Waals surface area contributed by atoms with Crippen molar-refractivity contribution in [3.05, 3.63) is 6.33 Å². The van der Waals surface area contributed by atoms with E-state index in [0.29, 0.717) is 19.0 Å². The fourth-order valence-electron chi connectivity index (χ4n) is 1.67. The van der Waals surface area contributed by atoms with Crippen molar-refractivity contribution in [1.29, 1.82) is 0 Å². The summed E-state index contributed by atoms with van der Waals surface area (Å²) in [4.78, 5) is 12.0. The van der Waals surface area contributed by atoms with E-state index in [0.717, 1.165) is 11.5 Å². The van der Waals surface area contributed by atoms with Gasteiger partial charge in [-0.2, -0.15) is 0 Å². The molecule has 3 N–H and O–H groups in total. The van der Waals surface area contributed by atoms with Crippen molar-refractivity contribution >= 4 is 17.3 Å². The minimum absolute atomic E-state index is 0.108. The van der Waals surface area contributed by atoms with E-state index in [-0.39, 0.29) is 6.61 Å². The number of nitrogens with zero attached hydrogens (tertiary/aromatic N) is 4. The second-order valence-corrected chi connectivity index (χ2v) is 3.26. The Kier molecular flexibility index (Phi) is 2.12. The topological polar surface area (TPSA) is 78.5 Å². The molecule has 0 aromatic carbocycles. The van der Waals surface area contributed by atoms with Crippen LogP contribution < -0.4 is 15.5 Å². The maximum atomic E-state index is 8.87. The standard InChI is InChI=1S/C8H13N5O/c1-12-5-13(2-3-14)8-6(12)7(9)10-4-11-8/h4,14H,2-3,5H2,1H3,(H2,9,10,11). The first-order valence-corrected chi connectivity index (χ1v) is 4.41. The molecule has 0 amide bonds. The van der Waals surface area contributed by atoms with Crippen molar-refractivity contribution in [1.82, 2.24) is 9.97 Å². The molecule has 6 heteroatoms. The lowest BCUT2D eigenvalue weighted by molar-refractivity contribution is 0.302. The molecule has 0 bridgehead atoms. The van der Waals surface area contributed by atoms with E-state index < -0.39 is 0 Å². The first kappa shape index (κ1) is 9.01. The van der Waals surface area contributed by atoms with E-state index in [1.165, 1.54) is 6.33 Å². The Bertz CT molecular complexity index is 343. The van der Waals surface area contributed by atoms with Crippen LogP contribution in [-0.2, 0) is 0 Å². The third-order valence-corrected chi connectivity index (χ3v) is 2.27. The molecule has 1 aromatic heterocycles. The third kappa shape index (κ3) is 1.24. The summed E-state index contributed by atoms with van der Waals surface area (Å²) in [6.07, 6.45) is 1.44. The van der Waals surface area contributed by atoms with Crippen molar-refractivity contribution < 1.29 is 5.11 Å². The third-order valence-electron chi connectivity index (χ3n) is 2.27. The van der Waals surface area contributed by atoms with Crippen LogP contribution >= 0.6 is 0 Å². The zero-order valence-corrected chi connectivity index (χ0v) is 8.01. The van der Waals surface area contributed by atoms with Gasteiger partial charge in [0, 0.05) is 13.6 Å². The van der Waals surface area contributed by atoms with Crippen molar-refractivity contribution in [2.75, 3.05) is 42.4 Å². The van der Waals surface area contributed by atoms with Gasteiger partial charge in [0.25, 0.3) is 0 Å². The average molecular weight is 195 g/mol. The summed E-state index contributed by atoms with van der Waals surface area (Å²) in [5, 5.41) is 8.87. The van der Waals surface area contributed by atoms with E-state index >= 15 is 0 Å². The van der Waals surface area contributed by atoms with Crippen LogP contribution in [0.5, 0.6) is 0 Å². The molecule has 2 rings (SSSR count). The molecule has 0 saturated heterocycles. The van der Waals surface area contributed by atoms with Crippen LogP contribution in [0.15, 0.2) is 6.33 Å². The number of rotatable bonds is 2. The highest BCUT2D eigenvalue weighted by atomic mass is 16.3. The van der Waals surface area contributed by atoms with Crippen molar-refractivity contribution in [2.45, 2.75) is 0 Å². The molecule has 0 spiro atoms. The summed E-state index contributed by atoms with van der Waals surface area (Å²) in [6.45, 7) is 1.36. The molecule has 6 nitrogen and oxygen atoms in total. The van der Waals surface area contributed by atoms with Crippen molar-refractivity contribution in [3.63, 3.8) is 0 Å². The largest absolute Gasteiger partial charge is 0.395 e. The minimum atomic E-state index is 0.108. The molecule has 1 aliphatic heterocycles.